The molecule has 2 aromatic rings. The molecule has 1 fully saturated rings. The number of nitrogens with zero attached hydrogens (tertiary/aromatic N) is 3. The Kier molecular flexibility index (Phi) is 6.49. The fourth-order valence-electron chi connectivity index (χ4n) is 3.60. The van der Waals surface area contributed by atoms with Gasteiger partial charge in [-0.1, -0.05) is 19.1 Å². The summed E-state index contributed by atoms with van der Waals surface area (Å²) in [5.41, 5.74) is 2.19. The lowest BCUT2D eigenvalue weighted by Crippen LogP contribution is -2.44. The molecular weight excluding hydrogens is 354 g/mol. The van der Waals surface area contributed by atoms with Gasteiger partial charge in [0.2, 0.25) is 5.91 Å². The summed E-state index contributed by atoms with van der Waals surface area (Å²) in [6.45, 7) is 4.47. The number of carbonyl (C=O) groups is 2. The second-order valence-electron chi connectivity index (χ2n) is 7.15. The summed E-state index contributed by atoms with van der Waals surface area (Å²) in [6.07, 6.45) is 5.20. The molecule has 0 N–H and O–H groups in total. The zero-order valence-corrected chi connectivity index (χ0v) is 16.1. The highest BCUT2D eigenvalue weighted by atomic mass is 16.3. The minimum absolute atomic E-state index is 0.0392. The van der Waals surface area contributed by atoms with E-state index in [4.69, 9.17) is 9.68 Å². The first-order chi connectivity index (χ1) is 13.6. The zero-order valence-electron chi connectivity index (χ0n) is 16.1. The molecule has 1 aromatic carbocycles. The van der Waals surface area contributed by atoms with Crippen LogP contribution in [0.2, 0.25) is 0 Å². The zero-order chi connectivity index (χ0) is 19.9. The van der Waals surface area contributed by atoms with Crippen molar-refractivity contribution in [2.75, 3.05) is 19.6 Å². The molecule has 0 bridgehead atoms. The van der Waals surface area contributed by atoms with Crippen molar-refractivity contribution in [3.63, 3.8) is 0 Å². The molecule has 0 radical (unpaired) electrons. The van der Waals surface area contributed by atoms with Crippen LogP contribution < -0.4 is 0 Å². The van der Waals surface area contributed by atoms with Gasteiger partial charge in [0.25, 0.3) is 5.91 Å². The lowest BCUT2D eigenvalue weighted by Gasteiger charge is -2.34. The van der Waals surface area contributed by atoms with Crippen molar-refractivity contribution < 1.29 is 14.0 Å². The molecule has 0 aliphatic carbocycles. The first kappa shape index (κ1) is 19.7. The molecule has 2 amide bonds. The van der Waals surface area contributed by atoms with Crippen LogP contribution in [0.4, 0.5) is 0 Å². The molecule has 3 rings (SSSR count). The summed E-state index contributed by atoms with van der Waals surface area (Å²) in [6, 6.07) is 11.1. The summed E-state index contributed by atoms with van der Waals surface area (Å²) >= 11 is 0. The number of piperidine rings is 1. The van der Waals surface area contributed by atoms with E-state index in [-0.39, 0.29) is 17.7 Å². The molecule has 1 aromatic heterocycles. The highest BCUT2D eigenvalue weighted by Gasteiger charge is 2.30. The fraction of sp³-hybridized carbons (Fsp3) is 0.409. The van der Waals surface area contributed by atoms with Gasteiger partial charge in [0.15, 0.2) is 0 Å². The predicted molar refractivity (Wildman–Crippen MR) is 104 cm³/mol. The quantitative estimate of drug-likeness (QED) is 0.770. The third-order valence-electron chi connectivity index (χ3n) is 5.16. The van der Waals surface area contributed by atoms with Crippen LogP contribution in [0, 0.1) is 17.2 Å². The largest absolute Gasteiger partial charge is 0.472 e. The maximum Gasteiger partial charge on any atom is 0.257 e. The molecule has 0 spiro atoms. The van der Waals surface area contributed by atoms with E-state index in [0.717, 1.165) is 12.0 Å². The SMILES string of the molecule is CCCN(Cc1ccc(C#N)cc1)C(=O)C1CCN(C(=O)c2ccoc2)CC1. The molecule has 0 saturated carbocycles. The number of amides is 2. The van der Waals surface area contributed by atoms with Gasteiger partial charge in [0.1, 0.15) is 6.26 Å². The normalized spacial score (nSPS) is 14.5. The number of furan rings is 1. The molecule has 6 heteroatoms. The van der Waals surface area contributed by atoms with E-state index in [1.807, 2.05) is 17.0 Å². The van der Waals surface area contributed by atoms with E-state index in [1.165, 1.54) is 12.5 Å². The van der Waals surface area contributed by atoms with Gasteiger partial charge in [-0.25, -0.2) is 0 Å². The van der Waals surface area contributed by atoms with Crippen molar-refractivity contribution >= 4 is 11.8 Å². The van der Waals surface area contributed by atoms with E-state index in [0.29, 0.717) is 50.1 Å². The molecule has 146 valence electrons. The predicted octanol–water partition coefficient (Wildman–Crippen LogP) is 3.44. The summed E-state index contributed by atoms with van der Waals surface area (Å²) in [5.74, 6) is 0.0580. The molecule has 2 heterocycles. The second kappa shape index (κ2) is 9.23. The monoisotopic (exact) mass is 379 g/mol. The average Bonchev–Trinajstić information content (AvgIpc) is 3.28. The van der Waals surface area contributed by atoms with E-state index in [2.05, 4.69) is 13.0 Å². The summed E-state index contributed by atoms with van der Waals surface area (Å²) in [7, 11) is 0. The second-order valence-corrected chi connectivity index (χ2v) is 7.15. The van der Waals surface area contributed by atoms with Crippen molar-refractivity contribution in [2.45, 2.75) is 32.7 Å². The summed E-state index contributed by atoms with van der Waals surface area (Å²) in [4.78, 5) is 29.2. The number of carbonyl (C=O) groups excluding carboxylic acids is 2. The number of likely N-dealkylation sites (tertiary alicyclic amines) is 1. The molecule has 0 unspecified atom stereocenters. The van der Waals surface area contributed by atoms with E-state index in [1.54, 1.807) is 23.1 Å². The minimum Gasteiger partial charge on any atom is -0.472 e. The molecule has 6 nitrogen and oxygen atoms in total. The third-order valence-corrected chi connectivity index (χ3v) is 5.16. The first-order valence-corrected chi connectivity index (χ1v) is 9.71. The Bertz CT molecular complexity index is 829. The van der Waals surface area contributed by atoms with Crippen LogP contribution in [0.15, 0.2) is 47.3 Å². The fourth-order valence-corrected chi connectivity index (χ4v) is 3.60. The van der Waals surface area contributed by atoms with Gasteiger partial charge in [-0.15, -0.1) is 0 Å². The van der Waals surface area contributed by atoms with Crippen molar-refractivity contribution in [3.05, 3.63) is 59.5 Å². The first-order valence-electron chi connectivity index (χ1n) is 9.71. The van der Waals surface area contributed by atoms with Crippen molar-refractivity contribution in [1.29, 1.82) is 5.26 Å². The number of hydrogen-bond donors (Lipinski definition) is 0. The Morgan fingerprint density at radius 1 is 1.21 bits per heavy atom. The highest BCUT2D eigenvalue weighted by Crippen LogP contribution is 2.22. The average molecular weight is 379 g/mol. The summed E-state index contributed by atoms with van der Waals surface area (Å²) in [5, 5.41) is 8.93. The van der Waals surface area contributed by atoms with E-state index >= 15 is 0 Å². The Balaban J connectivity index is 1.59. The lowest BCUT2D eigenvalue weighted by atomic mass is 9.94. The molecule has 1 aliphatic rings. The number of nitriles is 1. The number of hydrogen-bond acceptors (Lipinski definition) is 4. The third kappa shape index (κ3) is 4.61. The smallest absolute Gasteiger partial charge is 0.257 e. The van der Waals surface area contributed by atoms with Gasteiger partial charge in [-0.3, -0.25) is 9.59 Å². The van der Waals surface area contributed by atoms with Crippen LogP contribution in [0.5, 0.6) is 0 Å². The van der Waals surface area contributed by atoms with Crippen molar-refractivity contribution in [3.8, 4) is 6.07 Å². The Labute approximate surface area is 165 Å². The molecule has 1 aliphatic heterocycles. The van der Waals surface area contributed by atoms with Crippen LogP contribution in [0.25, 0.3) is 0 Å². The van der Waals surface area contributed by atoms with Gasteiger partial charge >= 0.3 is 0 Å². The van der Waals surface area contributed by atoms with Crippen molar-refractivity contribution in [2.24, 2.45) is 5.92 Å². The molecule has 28 heavy (non-hydrogen) atoms. The van der Waals surface area contributed by atoms with Crippen LogP contribution in [-0.2, 0) is 11.3 Å². The number of rotatable bonds is 6. The van der Waals surface area contributed by atoms with E-state index in [9.17, 15) is 9.59 Å². The summed E-state index contributed by atoms with van der Waals surface area (Å²) < 4.78 is 4.99. The van der Waals surface area contributed by atoms with E-state index < -0.39 is 0 Å². The standard InChI is InChI=1S/C22H25N3O3/c1-2-10-25(15-18-5-3-17(14-23)4-6-18)21(26)19-7-11-24(12-8-19)22(27)20-9-13-28-16-20/h3-6,9,13,16,19H,2,7-8,10-12,15H2,1H3. The van der Waals surface area contributed by atoms with Gasteiger partial charge in [-0.05, 0) is 43.0 Å². The van der Waals surface area contributed by atoms with Crippen molar-refractivity contribution in [1.82, 2.24) is 9.80 Å². The van der Waals surface area contributed by atoms with Gasteiger partial charge in [-0.2, -0.15) is 5.26 Å². The Morgan fingerprint density at radius 2 is 1.93 bits per heavy atom. The van der Waals surface area contributed by atoms with Gasteiger partial charge in [0.05, 0.1) is 23.5 Å². The molecule has 1 saturated heterocycles. The number of benzene rings is 1. The maximum absolute atomic E-state index is 13.1. The topological polar surface area (TPSA) is 77.5 Å². The lowest BCUT2D eigenvalue weighted by molar-refractivity contribution is -0.137. The Morgan fingerprint density at radius 3 is 2.50 bits per heavy atom. The van der Waals surface area contributed by atoms with Crippen LogP contribution in [0.1, 0.15) is 47.7 Å². The van der Waals surface area contributed by atoms with Crippen LogP contribution >= 0.6 is 0 Å². The van der Waals surface area contributed by atoms with Crippen LogP contribution in [0.3, 0.4) is 0 Å². The van der Waals surface area contributed by atoms with Gasteiger partial charge < -0.3 is 14.2 Å². The van der Waals surface area contributed by atoms with Gasteiger partial charge in [0, 0.05) is 32.1 Å². The minimum atomic E-state index is -0.0571. The van der Waals surface area contributed by atoms with Crippen LogP contribution in [-0.4, -0.2) is 41.2 Å². The highest BCUT2D eigenvalue weighted by molar-refractivity contribution is 5.94. The maximum atomic E-state index is 13.1. The molecule has 0 atom stereocenters. The Hall–Kier alpha value is -3.07. The molecular formula is C22H25N3O3.